The Labute approximate surface area is 155 Å². The summed E-state index contributed by atoms with van der Waals surface area (Å²) in [5.41, 5.74) is 2.22. The molecule has 0 unspecified atom stereocenters. The third-order valence-electron chi connectivity index (χ3n) is 4.56. The summed E-state index contributed by atoms with van der Waals surface area (Å²) in [5, 5.41) is 0. The predicted octanol–water partition coefficient (Wildman–Crippen LogP) is 3.12. The molecule has 5 heteroatoms. The van der Waals surface area contributed by atoms with Crippen LogP contribution in [0.4, 0.5) is 5.69 Å². The number of aryl methyl sites for hydroxylation is 1. The van der Waals surface area contributed by atoms with E-state index in [1.807, 2.05) is 49.4 Å². The van der Waals surface area contributed by atoms with Crippen molar-refractivity contribution < 1.29 is 14.3 Å². The molecule has 5 nitrogen and oxygen atoms in total. The Morgan fingerprint density at radius 2 is 2.08 bits per heavy atom. The van der Waals surface area contributed by atoms with Gasteiger partial charge in [-0.2, -0.15) is 0 Å². The van der Waals surface area contributed by atoms with Crippen LogP contribution in [0.25, 0.3) is 0 Å². The monoisotopic (exact) mass is 354 g/mol. The number of benzene rings is 2. The highest BCUT2D eigenvalue weighted by atomic mass is 16.5. The van der Waals surface area contributed by atoms with E-state index in [0.29, 0.717) is 12.3 Å². The molecular formula is C21H26N2O3. The summed E-state index contributed by atoms with van der Waals surface area (Å²) in [4.78, 5) is 16.4. The minimum absolute atomic E-state index is 0.0285. The molecule has 0 aromatic heterocycles. The van der Waals surface area contributed by atoms with Crippen LogP contribution in [0, 0.1) is 6.92 Å². The number of hydrogen-bond donors (Lipinski definition) is 0. The molecule has 0 fully saturated rings. The van der Waals surface area contributed by atoms with E-state index in [4.69, 9.17) is 9.47 Å². The van der Waals surface area contributed by atoms with Gasteiger partial charge in [0.25, 0.3) is 5.91 Å². The van der Waals surface area contributed by atoms with Crippen LogP contribution in [0.15, 0.2) is 48.5 Å². The molecule has 0 aliphatic carbocycles. The number of anilines is 1. The standard InChI is InChI=1S/C21H26N2O3/c1-4-23-14-18(26-20-11-6-5-10-19(20)23)13-22(3)21(24)15-25-17-9-7-8-16(2)12-17/h5-12,18H,4,13-15H2,1-3H3/t18-/m0/s1. The van der Waals surface area contributed by atoms with Crippen LogP contribution in [0.5, 0.6) is 11.5 Å². The molecule has 1 aliphatic rings. The summed E-state index contributed by atoms with van der Waals surface area (Å²) in [5.74, 6) is 1.53. The van der Waals surface area contributed by atoms with E-state index in [0.717, 1.165) is 30.1 Å². The highest BCUT2D eigenvalue weighted by Crippen LogP contribution is 2.32. The molecule has 0 saturated carbocycles. The zero-order chi connectivity index (χ0) is 18.5. The second-order valence-corrected chi connectivity index (χ2v) is 6.63. The first-order valence-electron chi connectivity index (χ1n) is 9.01. The molecule has 0 N–H and O–H groups in total. The van der Waals surface area contributed by atoms with Crippen molar-refractivity contribution in [2.24, 2.45) is 0 Å². The van der Waals surface area contributed by atoms with E-state index in [1.54, 1.807) is 11.9 Å². The predicted molar refractivity (Wildman–Crippen MR) is 103 cm³/mol. The van der Waals surface area contributed by atoms with Crippen LogP contribution in [-0.4, -0.2) is 50.2 Å². The van der Waals surface area contributed by atoms with Gasteiger partial charge in [-0.25, -0.2) is 0 Å². The molecule has 0 radical (unpaired) electrons. The molecule has 0 bridgehead atoms. The van der Waals surface area contributed by atoms with E-state index < -0.39 is 0 Å². The summed E-state index contributed by atoms with van der Waals surface area (Å²) in [6.45, 7) is 6.36. The summed E-state index contributed by atoms with van der Waals surface area (Å²) >= 11 is 0. The average Bonchev–Trinajstić information content (AvgIpc) is 2.65. The quantitative estimate of drug-likeness (QED) is 0.799. The third-order valence-corrected chi connectivity index (χ3v) is 4.56. The fourth-order valence-corrected chi connectivity index (χ4v) is 3.14. The molecule has 1 atom stereocenters. The summed E-state index contributed by atoms with van der Waals surface area (Å²) in [7, 11) is 1.79. The summed E-state index contributed by atoms with van der Waals surface area (Å²) in [6, 6.07) is 15.7. The molecule has 3 rings (SSSR count). The second-order valence-electron chi connectivity index (χ2n) is 6.63. The van der Waals surface area contributed by atoms with Crippen LogP contribution in [-0.2, 0) is 4.79 Å². The smallest absolute Gasteiger partial charge is 0.260 e. The number of para-hydroxylation sites is 2. The number of hydrogen-bond acceptors (Lipinski definition) is 4. The van der Waals surface area contributed by atoms with Gasteiger partial charge in [-0.05, 0) is 43.7 Å². The molecule has 2 aromatic carbocycles. The molecule has 1 aliphatic heterocycles. The lowest BCUT2D eigenvalue weighted by Crippen LogP contribution is -2.47. The number of carbonyl (C=O) groups is 1. The normalized spacial score (nSPS) is 15.8. The molecule has 138 valence electrons. The Bertz CT molecular complexity index is 762. The maximum absolute atomic E-state index is 12.4. The van der Waals surface area contributed by atoms with Gasteiger partial charge in [0.1, 0.15) is 17.6 Å². The number of ether oxygens (including phenoxy) is 2. The van der Waals surface area contributed by atoms with E-state index >= 15 is 0 Å². The van der Waals surface area contributed by atoms with Gasteiger partial charge in [0, 0.05) is 13.6 Å². The molecular weight excluding hydrogens is 328 g/mol. The van der Waals surface area contributed by atoms with Gasteiger partial charge in [0.15, 0.2) is 6.61 Å². The fourth-order valence-electron chi connectivity index (χ4n) is 3.14. The number of rotatable bonds is 6. The number of carbonyl (C=O) groups excluding carboxylic acids is 1. The molecule has 0 saturated heterocycles. The van der Waals surface area contributed by atoms with Crippen molar-refractivity contribution in [1.29, 1.82) is 0 Å². The largest absolute Gasteiger partial charge is 0.485 e. The Balaban J connectivity index is 1.56. The van der Waals surface area contributed by atoms with Crippen molar-refractivity contribution in [3.63, 3.8) is 0 Å². The van der Waals surface area contributed by atoms with Crippen LogP contribution in [0.2, 0.25) is 0 Å². The second kappa shape index (κ2) is 8.13. The van der Waals surface area contributed by atoms with Gasteiger partial charge < -0.3 is 19.3 Å². The highest BCUT2D eigenvalue weighted by Gasteiger charge is 2.26. The maximum Gasteiger partial charge on any atom is 0.260 e. The van der Waals surface area contributed by atoms with Gasteiger partial charge in [0.2, 0.25) is 0 Å². The minimum Gasteiger partial charge on any atom is -0.485 e. The Hall–Kier alpha value is -2.69. The van der Waals surface area contributed by atoms with Crippen LogP contribution < -0.4 is 14.4 Å². The number of nitrogens with zero attached hydrogens (tertiary/aromatic N) is 2. The van der Waals surface area contributed by atoms with Crippen LogP contribution >= 0.6 is 0 Å². The summed E-state index contributed by atoms with van der Waals surface area (Å²) < 4.78 is 11.7. The highest BCUT2D eigenvalue weighted by molar-refractivity contribution is 5.77. The van der Waals surface area contributed by atoms with Crippen molar-refractivity contribution in [3.8, 4) is 11.5 Å². The lowest BCUT2D eigenvalue weighted by Gasteiger charge is -2.37. The SMILES string of the molecule is CCN1C[C@H](CN(C)C(=O)COc2cccc(C)c2)Oc2ccccc21. The number of amides is 1. The molecule has 2 aromatic rings. The third kappa shape index (κ3) is 4.28. The lowest BCUT2D eigenvalue weighted by atomic mass is 10.2. The van der Waals surface area contributed by atoms with Crippen molar-refractivity contribution in [1.82, 2.24) is 4.90 Å². The van der Waals surface area contributed by atoms with E-state index in [1.165, 1.54) is 0 Å². The van der Waals surface area contributed by atoms with Gasteiger partial charge in [0.05, 0.1) is 18.8 Å². The molecule has 1 heterocycles. The Kier molecular flexibility index (Phi) is 5.66. The van der Waals surface area contributed by atoms with Crippen LogP contribution in [0.3, 0.4) is 0 Å². The average molecular weight is 354 g/mol. The topological polar surface area (TPSA) is 42.0 Å². The van der Waals surface area contributed by atoms with Crippen molar-refractivity contribution in [2.75, 3.05) is 38.2 Å². The molecule has 1 amide bonds. The van der Waals surface area contributed by atoms with Crippen molar-refractivity contribution in [3.05, 3.63) is 54.1 Å². The van der Waals surface area contributed by atoms with E-state index in [9.17, 15) is 4.79 Å². The molecule has 0 spiro atoms. The van der Waals surface area contributed by atoms with Gasteiger partial charge in [-0.15, -0.1) is 0 Å². The Morgan fingerprint density at radius 3 is 2.85 bits per heavy atom. The van der Waals surface area contributed by atoms with Crippen LogP contribution in [0.1, 0.15) is 12.5 Å². The minimum atomic E-state index is -0.0583. The first kappa shape index (κ1) is 18.1. The molecule has 26 heavy (non-hydrogen) atoms. The Morgan fingerprint density at radius 1 is 1.27 bits per heavy atom. The van der Waals surface area contributed by atoms with Gasteiger partial charge in [-0.3, -0.25) is 4.79 Å². The van der Waals surface area contributed by atoms with Crippen molar-refractivity contribution in [2.45, 2.75) is 20.0 Å². The zero-order valence-electron chi connectivity index (χ0n) is 15.6. The van der Waals surface area contributed by atoms with Crippen molar-refractivity contribution >= 4 is 11.6 Å². The van der Waals surface area contributed by atoms with Gasteiger partial charge >= 0.3 is 0 Å². The van der Waals surface area contributed by atoms with E-state index in [2.05, 4.69) is 17.9 Å². The number of likely N-dealkylation sites (N-methyl/N-ethyl adjacent to an activating group) is 2. The first-order valence-corrected chi connectivity index (χ1v) is 9.01. The number of fused-ring (bicyclic) bond motifs is 1. The van der Waals surface area contributed by atoms with Gasteiger partial charge in [-0.1, -0.05) is 24.3 Å². The summed E-state index contributed by atoms with van der Waals surface area (Å²) in [6.07, 6.45) is -0.0576. The zero-order valence-corrected chi connectivity index (χ0v) is 15.6. The van der Waals surface area contributed by atoms with E-state index in [-0.39, 0.29) is 18.6 Å². The lowest BCUT2D eigenvalue weighted by molar-refractivity contribution is -0.133. The maximum atomic E-state index is 12.4. The fraction of sp³-hybridized carbons (Fsp3) is 0.381. The first-order chi connectivity index (χ1) is 12.6.